The molecule has 1 N–H and O–H groups in total. The Hall–Kier alpha value is -2.56. The molecule has 2 aliphatic heterocycles. The van der Waals surface area contributed by atoms with Gasteiger partial charge in [0.15, 0.2) is 0 Å². The summed E-state index contributed by atoms with van der Waals surface area (Å²) in [7, 11) is 0. The van der Waals surface area contributed by atoms with E-state index in [9.17, 15) is 9.18 Å². The van der Waals surface area contributed by atoms with Crippen LogP contribution in [0.25, 0.3) is 0 Å². The van der Waals surface area contributed by atoms with Gasteiger partial charge in [-0.1, -0.05) is 6.07 Å². The molecule has 4 rings (SSSR count). The van der Waals surface area contributed by atoms with E-state index in [0.717, 1.165) is 41.0 Å². The van der Waals surface area contributed by atoms with Gasteiger partial charge in [-0.3, -0.25) is 4.79 Å². The van der Waals surface area contributed by atoms with E-state index < -0.39 is 0 Å². The molecule has 0 fully saturated rings. The molecule has 2 aromatic carbocycles. The van der Waals surface area contributed by atoms with Crippen molar-refractivity contribution in [2.24, 2.45) is 0 Å². The van der Waals surface area contributed by atoms with Gasteiger partial charge in [0, 0.05) is 35.2 Å². The first-order chi connectivity index (χ1) is 11.2. The van der Waals surface area contributed by atoms with Crippen LogP contribution in [0, 0.1) is 5.82 Å². The fraction of sp³-hybridized carbons (Fsp3) is 0.278. The molecule has 0 aromatic heterocycles. The lowest BCUT2D eigenvalue weighted by Gasteiger charge is -2.13. The summed E-state index contributed by atoms with van der Waals surface area (Å²) in [6, 6.07) is 7.91. The number of rotatable bonds is 3. The van der Waals surface area contributed by atoms with Crippen molar-refractivity contribution in [1.29, 1.82) is 0 Å². The Morgan fingerprint density at radius 1 is 1.17 bits per heavy atom. The van der Waals surface area contributed by atoms with Crippen LogP contribution >= 0.6 is 0 Å². The molecular formula is C18H16FNO3. The average molecular weight is 313 g/mol. The van der Waals surface area contributed by atoms with Gasteiger partial charge in [0.25, 0.3) is 0 Å². The number of hydrogen-bond donors (Lipinski definition) is 1. The van der Waals surface area contributed by atoms with E-state index in [1.165, 1.54) is 12.1 Å². The van der Waals surface area contributed by atoms with Crippen molar-refractivity contribution in [2.75, 3.05) is 18.5 Å². The molecule has 0 spiro atoms. The molecule has 0 bridgehead atoms. The van der Waals surface area contributed by atoms with Gasteiger partial charge in [0.1, 0.15) is 17.3 Å². The molecule has 0 radical (unpaired) electrons. The zero-order chi connectivity index (χ0) is 15.8. The first-order valence-electron chi connectivity index (χ1n) is 7.69. The molecule has 4 nitrogen and oxygen atoms in total. The topological polar surface area (TPSA) is 47.6 Å². The standard InChI is InChI=1S/C18H16FNO3/c19-12-2-1-3-13(9-12)20-17(21)10-15-14-5-7-22-16(14)8-11-4-6-23-18(11)15/h1-3,8-9H,4-7,10H2,(H,20,21). The minimum atomic E-state index is -0.374. The summed E-state index contributed by atoms with van der Waals surface area (Å²) in [5.41, 5.74) is 3.51. The van der Waals surface area contributed by atoms with E-state index >= 15 is 0 Å². The summed E-state index contributed by atoms with van der Waals surface area (Å²) in [4.78, 5) is 12.4. The van der Waals surface area contributed by atoms with Crippen molar-refractivity contribution in [3.63, 3.8) is 0 Å². The maximum Gasteiger partial charge on any atom is 0.228 e. The van der Waals surface area contributed by atoms with Crippen molar-refractivity contribution in [3.05, 3.63) is 52.8 Å². The summed E-state index contributed by atoms with van der Waals surface area (Å²) in [6.45, 7) is 1.27. The maximum absolute atomic E-state index is 13.2. The molecule has 1 amide bonds. The van der Waals surface area contributed by atoms with E-state index in [2.05, 4.69) is 5.32 Å². The van der Waals surface area contributed by atoms with Gasteiger partial charge in [-0.25, -0.2) is 4.39 Å². The van der Waals surface area contributed by atoms with E-state index in [1.807, 2.05) is 6.07 Å². The average Bonchev–Trinajstić information content (AvgIpc) is 3.15. The molecule has 2 aliphatic rings. The fourth-order valence-electron chi connectivity index (χ4n) is 3.20. The van der Waals surface area contributed by atoms with E-state index in [0.29, 0.717) is 18.9 Å². The number of ether oxygens (including phenoxy) is 2. The van der Waals surface area contributed by atoms with E-state index in [1.54, 1.807) is 12.1 Å². The van der Waals surface area contributed by atoms with Crippen LogP contribution in [0.4, 0.5) is 10.1 Å². The highest BCUT2D eigenvalue weighted by Crippen LogP contribution is 2.40. The van der Waals surface area contributed by atoms with Crippen LogP contribution in [-0.4, -0.2) is 19.1 Å². The van der Waals surface area contributed by atoms with Gasteiger partial charge in [0.05, 0.1) is 19.6 Å². The van der Waals surface area contributed by atoms with Crippen molar-refractivity contribution < 1.29 is 18.7 Å². The lowest BCUT2D eigenvalue weighted by Crippen LogP contribution is -2.16. The second-order valence-electron chi connectivity index (χ2n) is 5.75. The number of carbonyl (C=O) groups is 1. The summed E-state index contributed by atoms with van der Waals surface area (Å²) in [5.74, 6) is 1.13. The quantitative estimate of drug-likeness (QED) is 0.948. The molecule has 118 valence electrons. The zero-order valence-electron chi connectivity index (χ0n) is 12.5. The Balaban J connectivity index is 1.60. The van der Waals surface area contributed by atoms with Crippen LogP contribution in [0.5, 0.6) is 11.5 Å². The number of halogens is 1. The number of benzene rings is 2. The SMILES string of the molecule is O=C(Cc1c2c(cc3c1OCC3)OCC2)Nc1cccc(F)c1. The van der Waals surface area contributed by atoms with Crippen molar-refractivity contribution in [3.8, 4) is 11.5 Å². The highest BCUT2D eigenvalue weighted by atomic mass is 19.1. The van der Waals surface area contributed by atoms with Crippen molar-refractivity contribution >= 4 is 11.6 Å². The third-order valence-corrected chi connectivity index (χ3v) is 4.21. The van der Waals surface area contributed by atoms with Gasteiger partial charge < -0.3 is 14.8 Å². The molecule has 2 heterocycles. The van der Waals surface area contributed by atoms with Crippen LogP contribution in [0.15, 0.2) is 30.3 Å². The Labute approximate surface area is 133 Å². The Bertz CT molecular complexity index is 756. The zero-order valence-corrected chi connectivity index (χ0v) is 12.5. The third-order valence-electron chi connectivity index (χ3n) is 4.21. The van der Waals surface area contributed by atoms with E-state index in [-0.39, 0.29) is 18.1 Å². The van der Waals surface area contributed by atoms with Gasteiger partial charge in [-0.05, 0) is 24.3 Å². The highest BCUT2D eigenvalue weighted by Gasteiger charge is 2.27. The number of anilines is 1. The Morgan fingerprint density at radius 3 is 2.91 bits per heavy atom. The van der Waals surface area contributed by atoms with Crippen LogP contribution in [0.2, 0.25) is 0 Å². The minimum Gasteiger partial charge on any atom is -0.493 e. The second kappa shape index (κ2) is 5.57. The predicted octanol–water partition coefficient (Wildman–Crippen LogP) is 2.88. The number of fused-ring (bicyclic) bond motifs is 2. The highest BCUT2D eigenvalue weighted by molar-refractivity contribution is 5.93. The lowest BCUT2D eigenvalue weighted by molar-refractivity contribution is -0.115. The second-order valence-corrected chi connectivity index (χ2v) is 5.75. The maximum atomic E-state index is 13.2. The lowest BCUT2D eigenvalue weighted by atomic mass is 9.97. The third kappa shape index (κ3) is 2.63. The van der Waals surface area contributed by atoms with Crippen LogP contribution in [0.1, 0.15) is 16.7 Å². The van der Waals surface area contributed by atoms with Crippen molar-refractivity contribution in [2.45, 2.75) is 19.3 Å². The van der Waals surface area contributed by atoms with Gasteiger partial charge in [0.2, 0.25) is 5.91 Å². The largest absolute Gasteiger partial charge is 0.493 e. The van der Waals surface area contributed by atoms with Gasteiger partial charge >= 0.3 is 0 Å². The Morgan fingerprint density at radius 2 is 2.04 bits per heavy atom. The van der Waals surface area contributed by atoms with Crippen molar-refractivity contribution in [1.82, 2.24) is 0 Å². The molecular weight excluding hydrogens is 297 g/mol. The molecule has 2 aromatic rings. The number of amides is 1. The van der Waals surface area contributed by atoms with Gasteiger partial charge in [-0.2, -0.15) is 0 Å². The molecule has 5 heteroatoms. The first kappa shape index (κ1) is 14.1. The summed E-state index contributed by atoms with van der Waals surface area (Å²) in [6.07, 6.45) is 1.82. The smallest absolute Gasteiger partial charge is 0.228 e. The van der Waals surface area contributed by atoms with Crippen LogP contribution < -0.4 is 14.8 Å². The van der Waals surface area contributed by atoms with Gasteiger partial charge in [-0.15, -0.1) is 0 Å². The number of carbonyl (C=O) groups excluding carboxylic acids is 1. The summed E-state index contributed by atoms with van der Waals surface area (Å²) < 4.78 is 24.6. The normalized spacial score (nSPS) is 14.7. The monoisotopic (exact) mass is 313 g/mol. The molecule has 0 saturated carbocycles. The van der Waals surface area contributed by atoms with Crippen LogP contribution in [0.3, 0.4) is 0 Å². The molecule has 23 heavy (non-hydrogen) atoms. The molecule has 0 saturated heterocycles. The molecule has 0 unspecified atom stereocenters. The minimum absolute atomic E-state index is 0.186. The number of nitrogens with one attached hydrogen (secondary N) is 1. The molecule has 0 atom stereocenters. The first-order valence-corrected chi connectivity index (χ1v) is 7.69. The van der Waals surface area contributed by atoms with Crippen LogP contribution in [-0.2, 0) is 24.1 Å². The molecule has 0 aliphatic carbocycles. The Kier molecular flexibility index (Phi) is 3.41. The summed E-state index contributed by atoms with van der Waals surface area (Å²) >= 11 is 0. The summed E-state index contributed by atoms with van der Waals surface area (Å²) in [5, 5.41) is 2.74. The number of hydrogen-bond acceptors (Lipinski definition) is 3. The predicted molar refractivity (Wildman–Crippen MR) is 83.6 cm³/mol. The van der Waals surface area contributed by atoms with E-state index in [4.69, 9.17) is 9.47 Å². The fourth-order valence-corrected chi connectivity index (χ4v) is 3.20.